The molecule has 0 radical (unpaired) electrons. The van der Waals surface area contributed by atoms with Gasteiger partial charge in [-0.25, -0.2) is 4.98 Å². The lowest BCUT2D eigenvalue weighted by Crippen LogP contribution is -2.38. The third-order valence-corrected chi connectivity index (χ3v) is 7.27. The van der Waals surface area contributed by atoms with Gasteiger partial charge in [-0.1, -0.05) is 18.2 Å². The van der Waals surface area contributed by atoms with Crippen molar-refractivity contribution in [2.75, 3.05) is 23.8 Å². The van der Waals surface area contributed by atoms with Crippen molar-refractivity contribution < 1.29 is 14.3 Å². The average molecular weight is 475 g/mol. The number of ether oxygens (including phenoxy) is 1. The molecule has 0 bridgehead atoms. The topological polar surface area (TPSA) is 74.8 Å². The molecule has 1 fully saturated rings. The first-order chi connectivity index (χ1) is 16.9. The lowest BCUT2D eigenvalue weighted by atomic mass is 9.86. The molecule has 7 nitrogen and oxygen atoms in total. The Kier molecular flexibility index (Phi) is 6.60. The van der Waals surface area contributed by atoms with Gasteiger partial charge < -0.3 is 19.9 Å². The van der Waals surface area contributed by atoms with Crippen LogP contribution in [0.2, 0.25) is 0 Å². The highest BCUT2D eigenvalue weighted by Gasteiger charge is 2.33. The van der Waals surface area contributed by atoms with Gasteiger partial charge in [0.1, 0.15) is 5.82 Å². The Morgan fingerprint density at radius 1 is 1.17 bits per heavy atom. The van der Waals surface area contributed by atoms with Crippen LogP contribution in [0, 0.1) is 5.92 Å². The van der Waals surface area contributed by atoms with Crippen molar-refractivity contribution in [3.8, 4) is 0 Å². The lowest BCUT2D eigenvalue weighted by Gasteiger charge is -2.33. The van der Waals surface area contributed by atoms with Crippen molar-refractivity contribution in [1.29, 1.82) is 0 Å². The lowest BCUT2D eigenvalue weighted by molar-refractivity contribution is -0.128. The van der Waals surface area contributed by atoms with Gasteiger partial charge in [0.15, 0.2) is 0 Å². The van der Waals surface area contributed by atoms with Gasteiger partial charge in [0.05, 0.1) is 36.5 Å². The third-order valence-electron chi connectivity index (χ3n) is 7.27. The van der Waals surface area contributed by atoms with Gasteiger partial charge in [0.25, 0.3) is 0 Å². The molecule has 3 aliphatic rings. The summed E-state index contributed by atoms with van der Waals surface area (Å²) in [4.78, 5) is 34.5. The van der Waals surface area contributed by atoms with Crippen LogP contribution in [-0.4, -0.2) is 47.5 Å². The molecule has 0 unspecified atom stereocenters. The van der Waals surface area contributed by atoms with E-state index in [0.717, 1.165) is 59.6 Å². The number of nitrogens with zero attached hydrogens (tertiary/aromatic N) is 3. The Balaban J connectivity index is 1.46. The van der Waals surface area contributed by atoms with E-state index in [-0.39, 0.29) is 29.9 Å². The Bertz CT molecular complexity index is 1150. The first kappa shape index (κ1) is 23.5. The van der Waals surface area contributed by atoms with Crippen LogP contribution in [0.15, 0.2) is 42.6 Å². The molecule has 1 aliphatic carbocycles. The number of hydrogen-bond donors (Lipinski definition) is 1. The zero-order chi connectivity index (χ0) is 24.5. The van der Waals surface area contributed by atoms with E-state index in [1.165, 1.54) is 0 Å². The highest BCUT2D eigenvalue weighted by Crippen LogP contribution is 2.40. The Labute approximate surface area is 207 Å². The van der Waals surface area contributed by atoms with Crippen molar-refractivity contribution in [2.45, 2.75) is 64.7 Å². The molecule has 3 heterocycles. The van der Waals surface area contributed by atoms with Crippen molar-refractivity contribution in [1.82, 2.24) is 9.88 Å². The molecule has 7 heteroatoms. The minimum Gasteiger partial charge on any atom is -0.376 e. The van der Waals surface area contributed by atoms with Gasteiger partial charge in [0.2, 0.25) is 11.8 Å². The number of benzene rings is 1. The van der Waals surface area contributed by atoms with Crippen LogP contribution in [-0.2, 0) is 20.9 Å². The molecule has 2 aliphatic heterocycles. The number of nitrogens with one attached hydrogen (secondary N) is 1. The summed E-state index contributed by atoms with van der Waals surface area (Å²) in [6, 6.07) is 10.0. The number of likely N-dealkylation sites (N-methyl/N-ethyl adjacent to an activating group) is 1. The fraction of sp³-hybridized carbons (Fsp3) is 0.464. The predicted octanol–water partition coefficient (Wildman–Crippen LogP) is 4.90. The van der Waals surface area contributed by atoms with E-state index in [9.17, 15) is 9.59 Å². The first-order valence-electron chi connectivity index (χ1n) is 12.6. The number of amides is 2. The SMILES string of the molecule is CC(C)O[C@H]1CC[C@H](C(=O)N2Cc3cccnc3Nc3ccc(C4=CCN(C)C(=O)C4)cc32)CC1. The molecule has 2 aromatic rings. The van der Waals surface area contributed by atoms with Crippen LogP contribution in [0.1, 0.15) is 57.1 Å². The van der Waals surface area contributed by atoms with E-state index in [4.69, 9.17) is 4.74 Å². The Morgan fingerprint density at radius 3 is 2.71 bits per heavy atom. The summed E-state index contributed by atoms with van der Waals surface area (Å²) in [6.07, 6.45) is 8.18. The second-order valence-corrected chi connectivity index (χ2v) is 10.1. The summed E-state index contributed by atoms with van der Waals surface area (Å²) < 4.78 is 6.01. The number of pyridine rings is 1. The number of rotatable bonds is 4. The van der Waals surface area contributed by atoms with E-state index in [1.807, 2.05) is 36.2 Å². The molecule has 5 rings (SSSR count). The van der Waals surface area contributed by atoms with Crippen LogP contribution in [0.4, 0.5) is 17.2 Å². The minimum atomic E-state index is -0.0270. The van der Waals surface area contributed by atoms with Gasteiger partial charge in [-0.3, -0.25) is 9.59 Å². The second kappa shape index (κ2) is 9.82. The molecular formula is C28H34N4O3. The van der Waals surface area contributed by atoms with Crippen LogP contribution in [0.25, 0.3) is 5.57 Å². The van der Waals surface area contributed by atoms with Gasteiger partial charge in [-0.2, -0.15) is 0 Å². The number of carbonyl (C=O) groups is 2. The second-order valence-electron chi connectivity index (χ2n) is 10.1. The molecule has 184 valence electrons. The molecule has 0 saturated heterocycles. The third kappa shape index (κ3) is 4.96. The predicted molar refractivity (Wildman–Crippen MR) is 137 cm³/mol. The summed E-state index contributed by atoms with van der Waals surface area (Å²) >= 11 is 0. The van der Waals surface area contributed by atoms with E-state index < -0.39 is 0 Å². The van der Waals surface area contributed by atoms with Crippen LogP contribution < -0.4 is 10.2 Å². The maximum absolute atomic E-state index is 14.0. The fourth-order valence-corrected chi connectivity index (χ4v) is 5.31. The molecule has 0 atom stereocenters. The normalized spacial score (nSPS) is 22.2. The van der Waals surface area contributed by atoms with Crippen molar-refractivity contribution in [3.63, 3.8) is 0 Å². The summed E-state index contributed by atoms with van der Waals surface area (Å²) in [5.74, 6) is 1.01. The minimum absolute atomic E-state index is 0.0270. The number of carbonyl (C=O) groups excluding carboxylic acids is 2. The van der Waals surface area contributed by atoms with Gasteiger partial charge in [-0.05, 0) is 68.9 Å². The van der Waals surface area contributed by atoms with Crippen molar-refractivity contribution in [3.05, 3.63) is 53.7 Å². The summed E-state index contributed by atoms with van der Waals surface area (Å²) in [5.41, 5.74) is 4.69. The molecule has 2 amide bonds. The smallest absolute Gasteiger partial charge is 0.230 e. The maximum atomic E-state index is 14.0. The average Bonchev–Trinajstić information content (AvgIpc) is 3.02. The number of aromatic nitrogens is 1. The van der Waals surface area contributed by atoms with Gasteiger partial charge in [-0.15, -0.1) is 0 Å². The molecule has 0 spiro atoms. The summed E-state index contributed by atoms with van der Waals surface area (Å²) in [6.45, 7) is 5.20. The molecule has 1 saturated carbocycles. The largest absolute Gasteiger partial charge is 0.376 e. The number of fused-ring (bicyclic) bond motifs is 2. The standard InChI is InChI=1S/C28H34N4O3/c1-18(2)35-23-9-6-19(7-10-23)28(34)32-17-22-5-4-13-29-27(22)30-24-11-8-20(15-25(24)32)21-12-14-31(3)26(33)16-21/h4-5,8,11-13,15,18-19,23H,6-7,9-10,14,16-17H2,1-3H3,(H,29,30)/t19-,23-. The molecule has 1 N–H and O–H groups in total. The Hall–Kier alpha value is -3.19. The summed E-state index contributed by atoms with van der Waals surface area (Å²) in [7, 11) is 1.82. The molecule has 1 aromatic carbocycles. The molecular weight excluding hydrogens is 440 g/mol. The molecule has 35 heavy (non-hydrogen) atoms. The highest BCUT2D eigenvalue weighted by molar-refractivity contribution is 6.01. The van der Waals surface area contributed by atoms with E-state index in [0.29, 0.717) is 19.5 Å². The quantitative estimate of drug-likeness (QED) is 0.682. The van der Waals surface area contributed by atoms with Crippen molar-refractivity contribution in [2.24, 2.45) is 5.92 Å². The number of anilines is 3. The number of hydrogen-bond acceptors (Lipinski definition) is 5. The Morgan fingerprint density at radius 2 is 1.97 bits per heavy atom. The zero-order valence-corrected chi connectivity index (χ0v) is 20.8. The van der Waals surface area contributed by atoms with E-state index in [2.05, 4.69) is 36.3 Å². The highest BCUT2D eigenvalue weighted by atomic mass is 16.5. The zero-order valence-electron chi connectivity index (χ0n) is 20.8. The van der Waals surface area contributed by atoms with E-state index in [1.54, 1.807) is 11.1 Å². The summed E-state index contributed by atoms with van der Waals surface area (Å²) in [5, 5.41) is 3.45. The van der Waals surface area contributed by atoms with Crippen LogP contribution in [0.5, 0.6) is 0 Å². The first-order valence-corrected chi connectivity index (χ1v) is 12.6. The van der Waals surface area contributed by atoms with Crippen LogP contribution in [0.3, 0.4) is 0 Å². The van der Waals surface area contributed by atoms with Crippen molar-refractivity contribution >= 4 is 34.6 Å². The van der Waals surface area contributed by atoms with Gasteiger partial charge in [0, 0.05) is 31.3 Å². The van der Waals surface area contributed by atoms with Gasteiger partial charge >= 0.3 is 0 Å². The monoisotopic (exact) mass is 474 g/mol. The van der Waals surface area contributed by atoms with Crippen LogP contribution >= 0.6 is 0 Å². The van der Waals surface area contributed by atoms with E-state index >= 15 is 0 Å². The fourth-order valence-electron chi connectivity index (χ4n) is 5.31. The maximum Gasteiger partial charge on any atom is 0.230 e. The molecule has 1 aromatic heterocycles.